The Kier molecular flexibility index (Phi) is 8.83. The van der Waals surface area contributed by atoms with Gasteiger partial charge in [-0.25, -0.2) is 4.79 Å². The lowest BCUT2D eigenvalue weighted by atomic mass is 10.1. The number of carbonyl (C=O) groups excluding carboxylic acids is 3. The van der Waals surface area contributed by atoms with Crippen molar-refractivity contribution in [3.63, 3.8) is 0 Å². The molecule has 2 atom stereocenters. The molecule has 3 amide bonds. The Morgan fingerprint density at radius 1 is 1.10 bits per heavy atom. The predicted octanol–water partition coefficient (Wildman–Crippen LogP) is 4.36. The maximum absolute atomic E-state index is 13.7. The van der Waals surface area contributed by atoms with Gasteiger partial charge in [-0.05, 0) is 89.8 Å². The Labute approximate surface area is 231 Å². The lowest BCUT2D eigenvalue weighted by molar-refractivity contribution is -0.144. The smallest absolute Gasteiger partial charge is 0.407 e. The molecular weight excluding hydrogens is 494 g/mol. The Bertz CT molecular complexity index is 1250. The van der Waals surface area contributed by atoms with E-state index in [2.05, 4.69) is 28.9 Å². The molecule has 39 heavy (non-hydrogen) atoms. The fourth-order valence-corrected chi connectivity index (χ4v) is 5.94. The molecule has 9 nitrogen and oxygen atoms in total. The van der Waals surface area contributed by atoms with E-state index in [4.69, 9.17) is 4.74 Å². The highest BCUT2D eigenvalue weighted by molar-refractivity contribution is 5.89. The molecule has 2 unspecified atom stereocenters. The number of nitriles is 1. The van der Waals surface area contributed by atoms with Crippen molar-refractivity contribution in [2.45, 2.75) is 96.9 Å². The second-order valence-electron chi connectivity index (χ2n) is 11.6. The summed E-state index contributed by atoms with van der Waals surface area (Å²) in [4.78, 5) is 42.2. The Morgan fingerprint density at radius 2 is 1.85 bits per heavy atom. The van der Waals surface area contributed by atoms with Gasteiger partial charge in [0.2, 0.25) is 11.8 Å². The lowest BCUT2D eigenvalue weighted by Gasteiger charge is -2.31. The number of aryl methyl sites for hydroxylation is 2. The molecule has 2 aliphatic rings. The molecule has 1 aromatic heterocycles. The number of fused-ring (bicyclic) bond motifs is 1. The molecule has 3 heterocycles. The van der Waals surface area contributed by atoms with Crippen LogP contribution in [0.15, 0.2) is 24.3 Å². The first kappa shape index (κ1) is 28.5. The van der Waals surface area contributed by atoms with E-state index >= 15 is 0 Å². The van der Waals surface area contributed by atoms with Crippen LogP contribution in [-0.2, 0) is 27.3 Å². The average Bonchev–Trinajstić information content (AvgIpc) is 3.63. The van der Waals surface area contributed by atoms with Gasteiger partial charge in [-0.3, -0.25) is 9.59 Å². The summed E-state index contributed by atoms with van der Waals surface area (Å²) >= 11 is 0. The van der Waals surface area contributed by atoms with Crippen molar-refractivity contribution in [1.29, 1.82) is 5.26 Å². The molecule has 210 valence electrons. The van der Waals surface area contributed by atoms with Gasteiger partial charge in [-0.1, -0.05) is 6.07 Å². The van der Waals surface area contributed by atoms with Crippen molar-refractivity contribution < 1.29 is 19.1 Å². The molecule has 0 aliphatic carbocycles. The largest absolute Gasteiger partial charge is 0.444 e. The molecule has 1 aromatic carbocycles. The van der Waals surface area contributed by atoms with E-state index in [1.54, 1.807) is 25.7 Å². The minimum absolute atomic E-state index is 0.0538. The molecule has 0 radical (unpaired) electrons. The molecule has 1 N–H and O–H groups in total. The van der Waals surface area contributed by atoms with Gasteiger partial charge in [0.05, 0.1) is 11.6 Å². The first-order valence-corrected chi connectivity index (χ1v) is 14.2. The molecule has 2 aliphatic heterocycles. The summed E-state index contributed by atoms with van der Waals surface area (Å²) in [5.74, 6) is -0.0556. The van der Waals surface area contributed by atoms with Crippen molar-refractivity contribution >= 4 is 28.8 Å². The van der Waals surface area contributed by atoms with Crippen LogP contribution in [0.2, 0.25) is 0 Å². The summed E-state index contributed by atoms with van der Waals surface area (Å²) in [6.45, 7) is 9.78. The summed E-state index contributed by atoms with van der Waals surface area (Å²) in [6, 6.07) is 9.96. The van der Waals surface area contributed by atoms with Crippen LogP contribution in [0.3, 0.4) is 0 Å². The highest BCUT2D eigenvalue weighted by Gasteiger charge is 2.39. The van der Waals surface area contributed by atoms with E-state index in [1.807, 2.05) is 23.1 Å². The Morgan fingerprint density at radius 3 is 2.56 bits per heavy atom. The zero-order valence-electron chi connectivity index (χ0n) is 23.7. The number of likely N-dealkylation sites (tertiary alicyclic amines) is 2. The van der Waals surface area contributed by atoms with Gasteiger partial charge in [0, 0.05) is 49.9 Å². The molecule has 4 rings (SSSR count). The minimum Gasteiger partial charge on any atom is -0.444 e. The molecular formula is C30H41N5O4. The third-order valence-electron chi connectivity index (χ3n) is 7.69. The van der Waals surface area contributed by atoms with Gasteiger partial charge in [0.1, 0.15) is 11.6 Å². The molecule has 0 bridgehead atoms. The fraction of sp³-hybridized carbons (Fsp3) is 0.600. The highest BCUT2D eigenvalue weighted by atomic mass is 16.6. The fourth-order valence-electron chi connectivity index (χ4n) is 5.94. The molecule has 0 spiro atoms. The van der Waals surface area contributed by atoms with E-state index < -0.39 is 17.7 Å². The first-order chi connectivity index (χ1) is 18.6. The topological polar surface area (TPSA) is 108 Å². The lowest BCUT2D eigenvalue weighted by Crippen LogP contribution is -2.49. The number of nitrogens with zero attached hydrogens (tertiary/aromatic N) is 4. The van der Waals surface area contributed by atoms with Gasteiger partial charge < -0.3 is 24.4 Å². The second kappa shape index (κ2) is 12.1. The van der Waals surface area contributed by atoms with Gasteiger partial charge in [0.25, 0.3) is 0 Å². The summed E-state index contributed by atoms with van der Waals surface area (Å²) in [6.07, 6.45) is 4.74. The SMILES string of the molecule is CCn1c(CCC2CCCN2C(=O)C2CCCN2C(=O)CCNC(=O)OC(C)(C)C)cc2ccc(C#N)cc21. The number of hydrogen-bond donors (Lipinski definition) is 1. The van der Waals surface area contributed by atoms with Crippen molar-refractivity contribution in [1.82, 2.24) is 19.7 Å². The number of rotatable bonds is 8. The van der Waals surface area contributed by atoms with Crippen molar-refractivity contribution in [3.8, 4) is 6.07 Å². The summed E-state index contributed by atoms with van der Waals surface area (Å²) in [5.41, 5.74) is 2.36. The van der Waals surface area contributed by atoms with Gasteiger partial charge >= 0.3 is 6.09 Å². The predicted molar refractivity (Wildman–Crippen MR) is 149 cm³/mol. The Balaban J connectivity index is 1.35. The highest BCUT2D eigenvalue weighted by Crippen LogP contribution is 2.29. The van der Waals surface area contributed by atoms with Crippen LogP contribution in [0, 0.1) is 11.3 Å². The van der Waals surface area contributed by atoms with Gasteiger partial charge in [0.15, 0.2) is 0 Å². The van der Waals surface area contributed by atoms with E-state index in [-0.39, 0.29) is 30.8 Å². The first-order valence-electron chi connectivity index (χ1n) is 14.2. The summed E-state index contributed by atoms with van der Waals surface area (Å²) in [5, 5.41) is 13.1. The summed E-state index contributed by atoms with van der Waals surface area (Å²) < 4.78 is 7.49. The van der Waals surface area contributed by atoms with Crippen LogP contribution < -0.4 is 5.32 Å². The number of carbonyl (C=O) groups is 3. The van der Waals surface area contributed by atoms with Gasteiger partial charge in [-0.15, -0.1) is 0 Å². The van der Waals surface area contributed by atoms with E-state index in [0.717, 1.165) is 56.1 Å². The van der Waals surface area contributed by atoms with Crippen molar-refractivity contribution in [3.05, 3.63) is 35.5 Å². The normalized spacial score (nSPS) is 19.4. The zero-order valence-corrected chi connectivity index (χ0v) is 23.7. The minimum atomic E-state index is -0.596. The monoisotopic (exact) mass is 535 g/mol. The molecule has 2 fully saturated rings. The average molecular weight is 536 g/mol. The molecule has 2 saturated heterocycles. The third-order valence-corrected chi connectivity index (χ3v) is 7.69. The number of ether oxygens (including phenoxy) is 1. The summed E-state index contributed by atoms with van der Waals surface area (Å²) in [7, 11) is 0. The number of aromatic nitrogens is 1. The third kappa shape index (κ3) is 6.73. The van der Waals surface area contributed by atoms with E-state index in [0.29, 0.717) is 18.5 Å². The number of benzene rings is 1. The van der Waals surface area contributed by atoms with Crippen LogP contribution in [0.5, 0.6) is 0 Å². The number of hydrogen-bond acceptors (Lipinski definition) is 5. The van der Waals surface area contributed by atoms with Crippen LogP contribution in [-0.4, -0.2) is 69.6 Å². The Hall–Kier alpha value is -3.54. The second-order valence-corrected chi connectivity index (χ2v) is 11.6. The maximum Gasteiger partial charge on any atom is 0.407 e. The van der Waals surface area contributed by atoms with Crippen LogP contribution in [0.25, 0.3) is 10.9 Å². The van der Waals surface area contributed by atoms with Crippen LogP contribution in [0.4, 0.5) is 4.79 Å². The van der Waals surface area contributed by atoms with Crippen molar-refractivity contribution in [2.24, 2.45) is 0 Å². The number of alkyl carbamates (subject to hydrolysis) is 1. The maximum atomic E-state index is 13.7. The number of amides is 3. The standard InChI is InChI=1S/C30H41N5O4/c1-5-33-24(19-22-11-10-21(20-31)18-26(22)33)13-12-23-8-6-16-34(23)28(37)25-9-7-17-35(25)27(36)14-15-32-29(38)39-30(2,3)4/h10-11,18-19,23,25H,5-9,12-17H2,1-4H3,(H,32,38). The number of nitrogens with one attached hydrogen (secondary N) is 1. The van der Waals surface area contributed by atoms with E-state index in [1.165, 1.54) is 5.69 Å². The molecule has 2 aromatic rings. The molecule has 9 heteroatoms. The van der Waals surface area contributed by atoms with E-state index in [9.17, 15) is 19.6 Å². The van der Waals surface area contributed by atoms with Crippen LogP contribution >= 0.6 is 0 Å². The zero-order chi connectivity index (χ0) is 28.2. The van der Waals surface area contributed by atoms with Crippen LogP contribution in [0.1, 0.15) is 77.5 Å². The van der Waals surface area contributed by atoms with Crippen molar-refractivity contribution in [2.75, 3.05) is 19.6 Å². The van der Waals surface area contributed by atoms with Gasteiger partial charge in [-0.2, -0.15) is 5.26 Å². The molecule has 0 saturated carbocycles. The quantitative estimate of drug-likeness (QED) is 0.540.